The maximum absolute atomic E-state index is 12.7. The van der Waals surface area contributed by atoms with Crippen LogP contribution >= 0.6 is 0 Å². The lowest BCUT2D eigenvalue weighted by Gasteiger charge is -2.27. The van der Waals surface area contributed by atoms with E-state index in [9.17, 15) is 9.59 Å². The quantitative estimate of drug-likeness (QED) is 0.645. The lowest BCUT2D eigenvalue weighted by atomic mass is 10.1. The fourth-order valence-corrected chi connectivity index (χ4v) is 3.66. The number of aromatic nitrogens is 1. The number of hydrogen-bond acceptors (Lipinski definition) is 6. The maximum Gasteiger partial charge on any atom is 0.290 e. The van der Waals surface area contributed by atoms with Gasteiger partial charge in [0.15, 0.2) is 5.76 Å². The van der Waals surface area contributed by atoms with Crippen molar-refractivity contribution < 1.29 is 24.0 Å². The summed E-state index contributed by atoms with van der Waals surface area (Å²) in [7, 11) is 3.82. The number of hydrogen-bond donors (Lipinski definition) is 2. The van der Waals surface area contributed by atoms with Gasteiger partial charge >= 0.3 is 0 Å². The Morgan fingerprint density at radius 2 is 1.94 bits per heavy atom. The molecular formula is C22H30N4O5. The van der Waals surface area contributed by atoms with E-state index in [1.165, 1.54) is 6.92 Å². The first-order valence-electron chi connectivity index (χ1n) is 10.1. The van der Waals surface area contributed by atoms with E-state index in [2.05, 4.69) is 15.4 Å². The molecule has 1 aromatic heterocycles. The zero-order valence-electron chi connectivity index (χ0n) is 18.2. The predicted molar refractivity (Wildman–Crippen MR) is 115 cm³/mol. The summed E-state index contributed by atoms with van der Waals surface area (Å²) in [5, 5.41) is 13.9. The van der Waals surface area contributed by atoms with Crippen molar-refractivity contribution >= 4 is 18.3 Å². The number of carboxylic acid groups (broad SMARTS) is 1. The summed E-state index contributed by atoms with van der Waals surface area (Å²) in [6, 6.07) is 12.2. The molecule has 31 heavy (non-hydrogen) atoms. The van der Waals surface area contributed by atoms with Gasteiger partial charge in [0.1, 0.15) is 5.69 Å². The minimum Gasteiger partial charge on any atom is -0.483 e. The lowest BCUT2D eigenvalue weighted by molar-refractivity contribution is -0.132. The molecule has 2 amide bonds. The molecular weight excluding hydrogens is 400 g/mol. The number of carbonyl (C=O) groups is 3. The fraction of sp³-hybridized carbons (Fsp3) is 0.455. The van der Waals surface area contributed by atoms with Gasteiger partial charge in [0.25, 0.3) is 6.47 Å². The molecule has 1 aliphatic rings. The Labute approximate surface area is 182 Å². The molecule has 0 bridgehead atoms. The summed E-state index contributed by atoms with van der Waals surface area (Å²) in [4.78, 5) is 36.0. The van der Waals surface area contributed by atoms with E-state index in [-0.39, 0.29) is 30.4 Å². The molecule has 1 saturated heterocycles. The van der Waals surface area contributed by atoms with Crippen LogP contribution in [0.25, 0.3) is 11.3 Å². The first-order valence-corrected chi connectivity index (χ1v) is 10.1. The van der Waals surface area contributed by atoms with Crippen molar-refractivity contribution in [2.24, 2.45) is 0 Å². The second-order valence-electron chi connectivity index (χ2n) is 7.59. The number of nitrogens with one attached hydrogen (secondary N) is 1. The molecule has 2 aromatic rings. The van der Waals surface area contributed by atoms with Crippen molar-refractivity contribution in [2.45, 2.75) is 44.8 Å². The van der Waals surface area contributed by atoms with Crippen LogP contribution in [0.4, 0.5) is 0 Å². The molecule has 0 saturated carbocycles. The van der Waals surface area contributed by atoms with Gasteiger partial charge in [0, 0.05) is 50.7 Å². The molecule has 2 heterocycles. The summed E-state index contributed by atoms with van der Waals surface area (Å²) in [6.07, 6.45) is 2.41. The van der Waals surface area contributed by atoms with Gasteiger partial charge in [-0.1, -0.05) is 35.5 Å². The lowest BCUT2D eigenvalue weighted by Crippen LogP contribution is -2.42. The van der Waals surface area contributed by atoms with Gasteiger partial charge in [0.2, 0.25) is 11.8 Å². The molecule has 0 radical (unpaired) electrons. The molecule has 9 heteroatoms. The second-order valence-corrected chi connectivity index (χ2v) is 7.59. The van der Waals surface area contributed by atoms with Crippen LogP contribution in [0.2, 0.25) is 0 Å². The largest absolute Gasteiger partial charge is 0.483 e. The Kier molecular flexibility index (Phi) is 9.20. The van der Waals surface area contributed by atoms with Crippen molar-refractivity contribution in [1.82, 2.24) is 20.3 Å². The smallest absolute Gasteiger partial charge is 0.290 e. The third-order valence-corrected chi connectivity index (χ3v) is 5.43. The second kappa shape index (κ2) is 11.8. The molecule has 1 fully saturated rings. The minimum absolute atomic E-state index is 0.0189. The topological polar surface area (TPSA) is 116 Å². The highest BCUT2D eigenvalue weighted by molar-refractivity contribution is 5.76. The monoisotopic (exact) mass is 430 g/mol. The number of benzene rings is 1. The van der Waals surface area contributed by atoms with E-state index < -0.39 is 0 Å². The number of likely N-dealkylation sites (N-methyl/N-ethyl adjacent to an activating group) is 1. The average molecular weight is 431 g/mol. The van der Waals surface area contributed by atoms with E-state index in [0.717, 1.165) is 24.1 Å². The Hall–Kier alpha value is -3.20. The van der Waals surface area contributed by atoms with E-state index in [0.29, 0.717) is 25.3 Å². The van der Waals surface area contributed by atoms with Gasteiger partial charge in [-0.3, -0.25) is 19.3 Å². The first-order chi connectivity index (χ1) is 14.8. The van der Waals surface area contributed by atoms with Crippen LogP contribution in [0.15, 0.2) is 40.9 Å². The van der Waals surface area contributed by atoms with Gasteiger partial charge in [-0.15, -0.1) is 0 Å². The van der Waals surface area contributed by atoms with Crippen molar-refractivity contribution in [3.63, 3.8) is 0 Å². The van der Waals surface area contributed by atoms with Gasteiger partial charge < -0.3 is 19.8 Å². The Balaban J connectivity index is 0.00000107. The molecule has 1 aliphatic heterocycles. The molecule has 0 aliphatic carbocycles. The SMILES string of the molecule is CC(=O)NC[C@H]1CC[C@@H](CC(=O)N(C)Cc2cc(-c3ccccc3)no2)N1C.O=CO. The van der Waals surface area contributed by atoms with Crippen LogP contribution in [0, 0.1) is 0 Å². The zero-order valence-corrected chi connectivity index (χ0v) is 18.2. The molecule has 168 valence electrons. The number of rotatable bonds is 7. The fourth-order valence-electron chi connectivity index (χ4n) is 3.66. The maximum atomic E-state index is 12.7. The molecule has 9 nitrogen and oxygen atoms in total. The Morgan fingerprint density at radius 3 is 2.58 bits per heavy atom. The normalized spacial score (nSPS) is 18.0. The van der Waals surface area contributed by atoms with Gasteiger partial charge in [-0.05, 0) is 19.9 Å². The number of amides is 2. The van der Waals surface area contributed by atoms with Crippen LogP contribution in [-0.4, -0.2) is 71.1 Å². The molecule has 2 N–H and O–H groups in total. The summed E-state index contributed by atoms with van der Waals surface area (Å²) >= 11 is 0. The third-order valence-electron chi connectivity index (χ3n) is 5.43. The predicted octanol–water partition coefficient (Wildman–Crippen LogP) is 1.99. The van der Waals surface area contributed by atoms with Crippen molar-refractivity contribution in [1.29, 1.82) is 0 Å². The number of nitrogens with zero attached hydrogens (tertiary/aromatic N) is 3. The van der Waals surface area contributed by atoms with Gasteiger partial charge in [-0.2, -0.15) is 0 Å². The molecule has 2 atom stereocenters. The third kappa shape index (κ3) is 7.21. The number of likely N-dealkylation sites (tertiary alicyclic amines) is 1. The standard InChI is InChI=1S/C21H28N4O3.CH2O2/c1-15(26)22-13-18-10-9-17(25(18)3)11-21(27)24(2)14-19-12-20(23-28-19)16-7-5-4-6-8-16;2-1-3/h4-8,12,17-18H,9-11,13-14H2,1-3H3,(H,22,26);1H,(H,2,3)/t17-,18+;/m0./s1. The average Bonchev–Trinajstić information content (AvgIpc) is 3.35. The summed E-state index contributed by atoms with van der Waals surface area (Å²) in [5.41, 5.74) is 1.76. The van der Waals surface area contributed by atoms with Crippen LogP contribution in [0.1, 0.15) is 31.9 Å². The molecule has 1 aromatic carbocycles. The van der Waals surface area contributed by atoms with Gasteiger partial charge in [0.05, 0.1) is 6.54 Å². The van der Waals surface area contributed by atoms with Crippen LogP contribution < -0.4 is 5.32 Å². The molecule has 0 unspecified atom stereocenters. The highest BCUT2D eigenvalue weighted by Gasteiger charge is 2.32. The van der Waals surface area contributed by atoms with E-state index in [1.807, 2.05) is 43.4 Å². The van der Waals surface area contributed by atoms with Crippen molar-refractivity contribution in [3.05, 3.63) is 42.2 Å². The van der Waals surface area contributed by atoms with E-state index in [4.69, 9.17) is 14.4 Å². The van der Waals surface area contributed by atoms with Crippen LogP contribution in [0.5, 0.6) is 0 Å². The number of carbonyl (C=O) groups excluding carboxylic acids is 2. The summed E-state index contributed by atoms with van der Waals surface area (Å²) in [5.74, 6) is 0.724. The summed E-state index contributed by atoms with van der Waals surface area (Å²) in [6.45, 7) is 2.30. The Bertz CT molecular complexity index is 855. The van der Waals surface area contributed by atoms with Crippen molar-refractivity contribution in [2.75, 3.05) is 20.6 Å². The Morgan fingerprint density at radius 1 is 1.29 bits per heavy atom. The van der Waals surface area contributed by atoms with Crippen molar-refractivity contribution in [3.8, 4) is 11.3 Å². The van der Waals surface area contributed by atoms with E-state index in [1.54, 1.807) is 11.9 Å². The zero-order chi connectivity index (χ0) is 22.8. The van der Waals surface area contributed by atoms with Gasteiger partial charge in [-0.25, -0.2) is 0 Å². The molecule has 0 spiro atoms. The van der Waals surface area contributed by atoms with Crippen LogP contribution in [0.3, 0.4) is 0 Å². The molecule has 3 rings (SSSR count). The summed E-state index contributed by atoms with van der Waals surface area (Å²) < 4.78 is 5.41. The van der Waals surface area contributed by atoms with Crippen LogP contribution in [-0.2, 0) is 20.9 Å². The van der Waals surface area contributed by atoms with E-state index >= 15 is 0 Å². The first kappa shape index (κ1) is 24.1. The highest BCUT2D eigenvalue weighted by Crippen LogP contribution is 2.25. The minimum atomic E-state index is -0.250. The highest BCUT2D eigenvalue weighted by atomic mass is 16.5.